The molecule has 1 fully saturated rings. The van der Waals surface area contributed by atoms with Crippen molar-refractivity contribution in [3.63, 3.8) is 0 Å². The third-order valence-electron chi connectivity index (χ3n) is 5.12. The van der Waals surface area contributed by atoms with Crippen LogP contribution < -0.4 is 9.46 Å². The Morgan fingerprint density at radius 3 is 2.71 bits per heavy atom. The van der Waals surface area contributed by atoms with Crippen LogP contribution in [0.25, 0.3) is 11.0 Å². The second-order valence-corrected chi connectivity index (χ2v) is 10.2. The summed E-state index contributed by atoms with van der Waals surface area (Å²) in [5.74, 6) is -1.47. The number of rotatable bonds is 6. The molecule has 1 saturated heterocycles. The second kappa shape index (κ2) is 8.44. The van der Waals surface area contributed by atoms with E-state index >= 15 is 4.39 Å². The number of imidazole rings is 1. The van der Waals surface area contributed by atoms with Crippen LogP contribution in [0.1, 0.15) is 0 Å². The number of hydrogen-bond acceptors (Lipinski definition) is 7. The van der Waals surface area contributed by atoms with Gasteiger partial charge in [-0.3, -0.25) is 9.52 Å². The first-order chi connectivity index (χ1) is 14.8. The number of aryl methyl sites for hydroxylation is 1. The molecule has 9 nitrogen and oxygen atoms in total. The van der Waals surface area contributed by atoms with Crippen LogP contribution in [0.3, 0.4) is 0 Å². The first-order valence-corrected chi connectivity index (χ1v) is 11.9. The van der Waals surface area contributed by atoms with Gasteiger partial charge in [0.05, 0.1) is 17.5 Å². The highest BCUT2D eigenvalue weighted by atomic mass is 32.2. The predicted molar refractivity (Wildman–Crippen MR) is 115 cm³/mol. The number of fused-ring (bicyclic) bond motifs is 1. The van der Waals surface area contributed by atoms with Crippen molar-refractivity contribution in [1.82, 2.24) is 19.4 Å². The zero-order valence-corrected chi connectivity index (χ0v) is 18.7. The number of ether oxygens (including phenoxy) is 1. The molecule has 0 spiro atoms. The summed E-state index contributed by atoms with van der Waals surface area (Å²) in [5, 5.41) is 1.63. The summed E-state index contributed by atoms with van der Waals surface area (Å²) < 4.78 is 50.3. The number of aromatic nitrogens is 2. The predicted octanol–water partition coefficient (Wildman–Crippen LogP) is 1.73. The zero-order chi connectivity index (χ0) is 22.2. The van der Waals surface area contributed by atoms with Gasteiger partial charge in [0.1, 0.15) is 9.73 Å². The van der Waals surface area contributed by atoms with Crippen molar-refractivity contribution in [2.45, 2.75) is 4.21 Å². The summed E-state index contributed by atoms with van der Waals surface area (Å²) in [7, 11) is -0.303. The number of carbonyl (C=O) groups excluding carboxylic acids is 1. The van der Waals surface area contributed by atoms with Crippen molar-refractivity contribution in [3.05, 3.63) is 35.7 Å². The molecule has 0 aliphatic carbocycles. The summed E-state index contributed by atoms with van der Waals surface area (Å²) >= 11 is 1.04. The minimum Gasteiger partial charge on any atom is -0.478 e. The number of thiophene rings is 1. The Kier molecular flexibility index (Phi) is 5.86. The Hall–Kier alpha value is -2.70. The maximum Gasteiger partial charge on any atom is 0.271 e. The number of likely N-dealkylation sites (N-methyl/N-ethyl adjacent to an activating group) is 1. The molecule has 3 heterocycles. The number of nitrogens with zero attached hydrogens (tertiary/aromatic N) is 4. The van der Waals surface area contributed by atoms with Gasteiger partial charge in [0.25, 0.3) is 15.9 Å². The summed E-state index contributed by atoms with van der Waals surface area (Å²) in [4.78, 5) is 20.3. The Morgan fingerprint density at radius 2 is 2.03 bits per heavy atom. The summed E-state index contributed by atoms with van der Waals surface area (Å²) in [6.45, 7) is 2.18. The smallest absolute Gasteiger partial charge is 0.271 e. The first kappa shape index (κ1) is 21.5. The van der Waals surface area contributed by atoms with Crippen molar-refractivity contribution in [2.75, 3.05) is 44.6 Å². The van der Waals surface area contributed by atoms with E-state index in [0.29, 0.717) is 18.6 Å². The number of amides is 1. The van der Waals surface area contributed by atoms with E-state index in [1.54, 1.807) is 28.0 Å². The fourth-order valence-electron chi connectivity index (χ4n) is 3.32. The molecule has 0 saturated carbocycles. The van der Waals surface area contributed by atoms with Gasteiger partial charge in [-0.25, -0.2) is 17.8 Å². The van der Waals surface area contributed by atoms with Crippen LogP contribution in [0.15, 0.2) is 34.1 Å². The Balaban J connectivity index is 1.64. The second-order valence-electron chi connectivity index (χ2n) is 7.30. The highest BCUT2D eigenvalue weighted by molar-refractivity contribution is 7.94. The molecule has 4 rings (SSSR count). The molecule has 1 aliphatic heterocycles. The highest BCUT2D eigenvalue weighted by Gasteiger charge is 2.25. The monoisotopic (exact) mass is 467 g/mol. The van der Waals surface area contributed by atoms with Crippen molar-refractivity contribution < 1.29 is 22.3 Å². The molecule has 12 heteroatoms. The number of sulfonamides is 1. The van der Waals surface area contributed by atoms with Gasteiger partial charge in [0, 0.05) is 33.2 Å². The molecule has 0 atom stereocenters. The van der Waals surface area contributed by atoms with Gasteiger partial charge in [-0.2, -0.15) is 0 Å². The van der Waals surface area contributed by atoms with Crippen LogP contribution >= 0.6 is 11.3 Å². The third kappa shape index (κ3) is 4.36. The van der Waals surface area contributed by atoms with Gasteiger partial charge in [0.2, 0.25) is 0 Å². The fourth-order valence-corrected chi connectivity index (χ4v) is 5.36. The van der Waals surface area contributed by atoms with Crippen molar-refractivity contribution in [1.29, 1.82) is 0 Å². The van der Waals surface area contributed by atoms with Crippen molar-refractivity contribution >= 4 is 44.0 Å². The Labute approximate surface area is 183 Å². The minimum atomic E-state index is -3.95. The molecular weight excluding hydrogens is 445 g/mol. The lowest BCUT2D eigenvalue weighted by atomic mass is 10.2. The number of carbonyl (C=O) groups is 1. The SMILES string of the molecule is CN1CCN(C(=O)COc2c(NS(=O)(=O)c3cccs3)cc3c(ncn3C)c2F)CC1. The van der Waals surface area contributed by atoms with Crippen LogP contribution in [-0.2, 0) is 21.9 Å². The van der Waals surface area contributed by atoms with E-state index in [1.807, 2.05) is 7.05 Å². The van der Waals surface area contributed by atoms with E-state index in [0.717, 1.165) is 24.4 Å². The van der Waals surface area contributed by atoms with E-state index in [9.17, 15) is 13.2 Å². The average Bonchev–Trinajstić information content (AvgIpc) is 3.39. The largest absolute Gasteiger partial charge is 0.478 e. The Bertz CT molecular complexity index is 1200. The summed E-state index contributed by atoms with van der Waals surface area (Å²) in [6.07, 6.45) is 1.42. The average molecular weight is 468 g/mol. The molecular formula is C19H22FN5O4S2. The third-order valence-corrected chi connectivity index (χ3v) is 7.88. The van der Waals surface area contributed by atoms with Gasteiger partial charge in [-0.1, -0.05) is 6.07 Å². The van der Waals surface area contributed by atoms with Gasteiger partial charge >= 0.3 is 0 Å². The highest BCUT2D eigenvalue weighted by Crippen LogP contribution is 2.36. The van der Waals surface area contributed by atoms with Crippen LogP contribution in [0, 0.1) is 5.82 Å². The molecule has 2 aromatic heterocycles. The lowest BCUT2D eigenvalue weighted by Crippen LogP contribution is -2.48. The van der Waals surface area contributed by atoms with Crippen molar-refractivity contribution in [3.8, 4) is 5.75 Å². The topological polar surface area (TPSA) is 96.8 Å². The van der Waals surface area contributed by atoms with E-state index in [4.69, 9.17) is 4.74 Å². The van der Waals surface area contributed by atoms with Crippen molar-refractivity contribution in [2.24, 2.45) is 7.05 Å². The minimum absolute atomic E-state index is 0.0311. The summed E-state index contributed by atoms with van der Waals surface area (Å²) in [6, 6.07) is 4.51. The number of halogens is 1. The van der Waals surface area contributed by atoms with Gasteiger partial charge in [-0.15, -0.1) is 11.3 Å². The van der Waals surface area contributed by atoms with E-state index < -0.39 is 22.4 Å². The van der Waals surface area contributed by atoms with E-state index in [-0.39, 0.29) is 27.1 Å². The lowest BCUT2D eigenvalue weighted by Gasteiger charge is -2.32. The summed E-state index contributed by atoms with van der Waals surface area (Å²) in [5.41, 5.74) is 0.330. The maximum absolute atomic E-state index is 15.2. The molecule has 166 valence electrons. The Morgan fingerprint density at radius 1 is 1.29 bits per heavy atom. The normalized spacial score (nSPS) is 15.4. The maximum atomic E-state index is 15.2. The van der Waals surface area contributed by atoms with Crippen LogP contribution in [0.5, 0.6) is 5.75 Å². The van der Waals surface area contributed by atoms with Crippen LogP contribution in [0.4, 0.5) is 10.1 Å². The van der Waals surface area contributed by atoms with E-state index in [2.05, 4.69) is 14.6 Å². The molecule has 1 N–H and O–H groups in total. The molecule has 1 aliphatic rings. The number of anilines is 1. The molecule has 3 aromatic rings. The number of piperazine rings is 1. The van der Waals surface area contributed by atoms with Gasteiger partial charge < -0.3 is 19.1 Å². The molecule has 1 aromatic carbocycles. The fraction of sp³-hybridized carbons (Fsp3) is 0.368. The van der Waals surface area contributed by atoms with E-state index in [1.165, 1.54) is 18.5 Å². The standard InChI is InChI=1S/C19H22FN5O4S2/c1-23-5-7-25(8-6-23)15(26)11-29-19-13(22-31(27,28)16-4-3-9-30-16)10-14-18(17(19)20)21-12-24(14)2/h3-4,9-10,12,22H,5-8,11H2,1-2H3. The molecule has 1 amide bonds. The number of nitrogens with one attached hydrogen (secondary N) is 1. The van der Waals surface area contributed by atoms with Gasteiger partial charge in [0.15, 0.2) is 18.2 Å². The van der Waals surface area contributed by atoms with Crippen LogP contribution in [0.2, 0.25) is 0 Å². The lowest BCUT2D eigenvalue weighted by molar-refractivity contribution is -0.134. The molecule has 31 heavy (non-hydrogen) atoms. The van der Waals surface area contributed by atoms with Gasteiger partial charge in [-0.05, 0) is 24.6 Å². The molecule has 0 unspecified atom stereocenters. The zero-order valence-electron chi connectivity index (χ0n) is 17.0. The molecule has 0 radical (unpaired) electrons. The quantitative estimate of drug-likeness (QED) is 0.593. The number of benzene rings is 1. The number of hydrogen-bond donors (Lipinski definition) is 1. The van der Waals surface area contributed by atoms with Crippen LogP contribution in [-0.4, -0.2) is 73.5 Å². The molecule has 0 bridgehead atoms. The first-order valence-electron chi connectivity index (χ1n) is 9.55.